The minimum Gasteiger partial charge on any atom is -0.455 e. The lowest BCUT2D eigenvalue weighted by Crippen LogP contribution is -2.23. The van der Waals surface area contributed by atoms with Crippen molar-refractivity contribution < 1.29 is 19.1 Å². The molecule has 3 N–H and O–H groups in total. The standard InChI is InChI=1S/C19H18Cl2N2O4S/c20-11-6-5-10(13(21)8-11)7-16(25)27-9-15(24)23-19-17(18(22)26)12-3-1-2-4-14(12)28-19/h5-6,8H,1-4,7,9H2,(H2,22,26)(H,23,24). The maximum atomic E-state index is 12.2. The van der Waals surface area contributed by atoms with Gasteiger partial charge in [0.25, 0.3) is 11.8 Å². The first kappa shape index (κ1) is 20.6. The highest BCUT2D eigenvalue weighted by Crippen LogP contribution is 2.37. The van der Waals surface area contributed by atoms with Gasteiger partial charge in [0, 0.05) is 14.9 Å². The van der Waals surface area contributed by atoms with E-state index in [1.807, 2.05) is 0 Å². The second kappa shape index (κ2) is 8.94. The molecule has 6 nitrogen and oxygen atoms in total. The van der Waals surface area contributed by atoms with E-state index in [0.29, 0.717) is 26.2 Å². The van der Waals surface area contributed by atoms with Crippen LogP contribution >= 0.6 is 34.5 Å². The lowest BCUT2D eigenvalue weighted by molar-refractivity contribution is -0.146. The van der Waals surface area contributed by atoms with Crippen molar-refractivity contribution >= 4 is 57.3 Å². The molecule has 0 atom stereocenters. The number of ether oxygens (including phenoxy) is 1. The Morgan fingerprint density at radius 1 is 1.18 bits per heavy atom. The Morgan fingerprint density at radius 2 is 1.93 bits per heavy atom. The van der Waals surface area contributed by atoms with Crippen LogP contribution < -0.4 is 11.1 Å². The molecule has 0 spiro atoms. The summed E-state index contributed by atoms with van der Waals surface area (Å²) in [7, 11) is 0. The van der Waals surface area contributed by atoms with Crippen molar-refractivity contribution in [1.29, 1.82) is 0 Å². The SMILES string of the molecule is NC(=O)c1c(NC(=O)COC(=O)Cc2ccc(Cl)cc2Cl)sc2c1CCCC2. The van der Waals surface area contributed by atoms with Crippen molar-refractivity contribution in [3.05, 3.63) is 49.8 Å². The van der Waals surface area contributed by atoms with Crippen LogP contribution in [-0.4, -0.2) is 24.4 Å². The number of hydrogen-bond donors (Lipinski definition) is 2. The number of aryl methyl sites for hydroxylation is 1. The van der Waals surface area contributed by atoms with Gasteiger partial charge in [-0.15, -0.1) is 11.3 Å². The first-order chi connectivity index (χ1) is 13.3. The van der Waals surface area contributed by atoms with E-state index in [2.05, 4.69) is 5.32 Å². The van der Waals surface area contributed by atoms with Crippen LogP contribution in [0, 0.1) is 0 Å². The highest BCUT2D eigenvalue weighted by molar-refractivity contribution is 7.17. The molecular weight excluding hydrogens is 423 g/mol. The molecule has 3 rings (SSSR count). The summed E-state index contributed by atoms with van der Waals surface area (Å²) in [6.07, 6.45) is 3.60. The van der Waals surface area contributed by atoms with Crippen LogP contribution in [0.5, 0.6) is 0 Å². The third-order valence-electron chi connectivity index (χ3n) is 4.38. The Balaban J connectivity index is 1.59. The Labute approximate surface area is 176 Å². The maximum Gasteiger partial charge on any atom is 0.310 e. The molecule has 0 radical (unpaired) electrons. The molecule has 1 aliphatic rings. The average molecular weight is 441 g/mol. The van der Waals surface area contributed by atoms with E-state index in [1.54, 1.807) is 12.1 Å². The number of benzene rings is 1. The molecule has 2 amide bonds. The number of nitrogens with one attached hydrogen (secondary N) is 1. The predicted octanol–water partition coefficient (Wildman–Crippen LogP) is 3.76. The fraction of sp³-hybridized carbons (Fsp3) is 0.316. The van der Waals surface area contributed by atoms with Crippen molar-refractivity contribution in [3.63, 3.8) is 0 Å². The average Bonchev–Trinajstić information content (AvgIpc) is 3.00. The normalized spacial score (nSPS) is 12.9. The third kappa shape index (κ3) is 4.84. The number of esters is 1. The Hall–Kier alpha value is -2.09. The van der Waals surface area contributed by atoms with Gasteiger partial charge in [-0.2, -0.15) is 0 Å². The second-order valence-electron chi connectivity index (χ2n) is 6.40. The Bertz CT molecular complexity index is 942. The highest BCUT2D eigenvalue weighted by Gasteiger charge is 2.25. The summed E-state index contributed by atoms with van der Waals surface area (Å²) in [4.78, 5) is 37.1. The number of nitrogens with two attached hydrogens (primary N) is 1. The molecule has 148 valence electrons. The monoisotopic (exact) mass is 440 g/mol. The molecule has 1 aromatic carbocycles. The van der Waals surface area contributed by atoms with E-state index in [-0.39, 0.29) is 6.42 Å². The smallest absolute Gasteiger partial charge is 0.310 e. The zero-order valence-corrected chi connectivity index (χ0v) is 17.2. The second-order valence-corrected chi connectivity index (χ2v) is 8.35. The number of fused-ring (bicyclic) bond motifs is 1. The largest absolute Gasteiger partial charge is 0.455 e. The number of halogens is 2. The van der Waals surface area contributed by atoms with E-state index in [1.165, 1.54) is 17.4 Å². The Morgan fingerprint density at radius 3 is 2.64 bits per heavy atom. The molecule has 0 saturated heterocycles. The van der Waals surface area contributed by atoms with Crippen molar-refractivity contribution in [2.24, 2.45) is 5.73 Å². The van der Waals surface area contributed by atoms with Gasteiger partial charge in [-0.3, -0.25) is 14.4 Å². The quantitative estimate of drug-likeness (QED) is 0.667. The van der Waals surface area contributed by atoms with Crippen molar-refractivity contribution in [2.45, 2.75) is 32.1 Å². The molecule has 0 fully saturated rings. The van der Waals surface area contributed by atoms with Gasteiger partial charge in [0.15, 0.2) is 6.61 Å². The lowest BCUT2D eigenvalue weighted by Gasteiger charge is -2.11. The van der Waals surface area contributed by atoms with E-state index in [0.717, 1.165) is 36.1 Å². The number of amides is 2. The third-order valence-corrected chi connectivity index (χ3v) is 6.18. The first-order valence-corrected chi connectivity index (χ1v) is 10.3. The van der Waals surface area contributed by atoms with Crippen LogP contribution in [0.4, 0.5) is 5.00 Å². The van der Waals surface area contributed by atoms with Crippen molar-refractivity contribution in [2.75, 3.05) is 11.9 Å². The predicted molar refractivity (Wildman–Crippen MR) is 109 cm³/mol. The molecule has 1 aliphatic carbocycles. The summed E-state index contributed by atoms with van der Waals surface area (Å²) in [5.41, 5.74) is 7.35. The van der Waals surface area contributed by atoms with Crippen LogP contribution in [-0.2, 0) is 33.6 Å². The van der Waals surface area contributed by atoms with Crippen LogP contribution in [0.1, 0.15) is 39.2 Å². The first-order valence-electron chi connectivity index (χ1n) is 8.69. The highest BCUT2D eigenvalue weighted by atomic mass is 35.5. The van der Waals surface area contributed by atoms with Crippen LogP contribution in [0.2, 0.25) is 10.0 Å². The fourth-order valence-corrected chi connectivity index (χ4v) is 4.88. The van der Waals surface area contributed by atoms with Gasteiger partial charge < -0.3 is 15.8 Å². The molecule has 0 aliphatic heterocycles. The van der Waals surface area contributed by atoms with Gasteiger partial charge >= 0.3 is 5.97 Å². The van der Waals surface area contributed by atoms with Crippen LogP contribution in [0.3, 0.4) is 0 Å². The van der Waals surface area contributed by atoms with Gasteiger partial charge in [-0.25, -0.2) is 0 Å². The van der Waals surface area contributed by atoms with Gasteiger partial charge in [0.1, 0.15) is 5.00 Å². The fourth-order valence-electron chi connectivity index (χ4n) is 3.09. The molecule has 0 unspecified atom stereocenters. The summed E-state index contributed by atoms with van der Waals surface area (Å²) < 4.78 is 5.01. The number of anilines is 1. The number of primary amides is 1. The molecular formula is C19H18Cl2N2O4S. The van der Waals surface area contributed by atoms with E-state index >= 15 is 0 Å². The Kier molecular flexibility index (Phi) is 6.59. The van der Waals surface area contributed by atoms with Crippen LogP contribution in [0.25, 0.3) is 0 Å². The molecule has 1 aromatic heterocycles. The number of carbonyl (C=O) groups is 3. The molecule has 9 heteroatoms. The number of rotatable bonds is 6. The molecule has 0 bridgehead atoms. The van der Waals surface area contributed by atoms with Gasteiger partial charge in [0.2, 0.25) is 0 Å². The molecule has 28 heavy (non-hydrogen) atoms. The molecule has 1 heterocycles. The van der Waals surface area contributed by atoms with Gasteiger partial charge in [-0.1, -0.05) is 29.3 Å². The minimum atomic E-state index is -0.597. The van der Waals surface area contributed by atoms with Crippen molar-refractivity contribution in [1.82, 2.24) is 0 Å². The van der Waals surface area contributed by atoms with E-state index in [4.69, 9.17) is 33.7 Å². The summed E-state index contributed by atoms with van der Waals surface area (Å²) in [6, 6.07) is 4.77. The zero-order chi connectivity index (χ0) is 20.3. The van der Waals surface area contributed by atoms with E-state index in [9.17, 15) is 14.4 Å². The van der Waals surface area contributed by atoms with E-state index < -0.39 is 24.4 Å². The summed E-state index contributed by atoms with van der Waals surface area (Å²) in [5, 5.41) is 3.88. The number of carbonyl (C=O) groups excluding carboxylic acids is 3. The maximum absolute atomic E-state index is 12.2. The minimum absolute atomic E-state index is 0.0802. The topological polar surface area (TPSA) is 98.5 Å². The summed E-state index contributed by atoms with van der Waals surface area (Å²) in [5.74, 6) is -1.69. The summed E-state index contributed by atoms with van der Waals surface area (Å²) in [6.45, 7) is -0.467. The van der Waals surface area contributed by atoms with Gasteiger partial charge in [-0.05, 0) is 48.9 Å². The molecule has 0 saturated carbocycles. The van der Waals surface area contributed by atoms with Crippen LogP contribution in [0.15, 0.2) is 18.2 Å². The number of thiophene rings is 1. The lowest BCUT2D eigenvalue weighted by atomic mass is 9.95. The van der Waals surface area contributed by atoms with Gasteiger partial charge in [0.05, 0.1) is 12.0 Å². The summed E-state index contributed by atoms with van der Waals surface area (Å²) >= 11 is 13.2. The zero-order valence-electron chi connectivity index (χ0n) is 14.8. The number of hydrogen-bond acceptors (Lipinski definition) is 5. The molecule has 2 aromatic rings. The van der Waals surface area contributed by atoms with Crippen molar-refractivity contribution in [3.8, 4) is 0 Å².